The van der Waals surface area contributed by atoms with E-state index in [1.165, 1.54) is 0 Å². The van der Waals surface area contributed by atoms with Gasteiger partial charge in [0, 0.05) is 6.42 Å². The minimum atomic E-state index is -0.574. The lowest BCUT2D eigenvalue weighted by Gasteiger charge is -2.33. The molecule has 0 amide bonds. The quantitative estimate of drug-likeness (QED) is 0.227. The molecule has 3 atom stereocenters. The summed E-state index contributed by atoms with van der Waals surface area (Å²) in [5.41, 5.74) is -0.488. The molecular weight excluding hydrogens is 292 g/mol. The van der Waals surface area contributed by atoms with Crippen molar-refractivity contribution in [2.24, 2.45) is 23.2 Å². The van der Waals surface area contributed by atoms with Gasteiger partial charge in [0.05, 0.1) is 12.0 Å². The van der Waals surface area contributed by atoms with Crippen LogP contribution in [0.15, 0.2) is 0 Å². The Hall–Kier alpha value is -0.900. The number of rotatable bonds is 12. The van der Waals surface area contributed by atoms with Gasteiger partial charge in [-0.1, -0.05) is 34.6 Å². The van der Waals surface area contributed by atoms with Crippen LogP contribution in [0.2, 0.25) is 0 Å². The van der Waals surface area contributed by atoms with Crippen LogP contribution in [0.25, 0.3) is 0 Å². The van der Waals surface area contributed by atoms with E-state index in [9.17, 15) is 9.59 Å². The topological polar surface area (TPSA) is 52.6 Å². The Morgan fingerprint density at radius 1 is 1.09 bits per heavy atom. The lowest BCUT2D eigenvalue weighted by molar-refractivity contribution is -0.188. The fourth-order valence-corrected chi connectivity index (χ4v) is 2.84. The van der Waals surface area contributed by atoms with Gasteiger partial charge in [-0.25, -0.2) is 0 Å². The first-order chi connectivity index (χ1) is 10.6. The van der Waals surface area contributed by atoms with Crippen molar-refractivity contribution < 1.29 is 19.1 Å². The maximum absolute atomic E-state index is 12.7. The highest BCUT2D eigenvalue weighted by molar-refractivity contribution is 5.76. The maximum atomic E-state index is 12.7. The van der Waals surface area contributed by atoms with Crippen LogP contribution in [0.4, 0.5) is 0 Å². The summed E-state index contributed by atoms with van der Waals surface area (Å²) in [6, 6.07) is 0. The van der Waals surface area contributed by atoms with Crippen molar-refractivity contribution in [1.82, 2.24) is 0 Å². The summed E-state index contributed by atoms with van der Waals surface area (Å²) in [6.07, 6.45) is 3.04. The van der Waals surface area contributed by atoms with E-state index in [1.807, 2.05) is 6.92 Å². The van der Waals surface area contributed by atoms with Crippen LogP contribution in [-0.4, -0.2) is 25.2 Å². The maximum Gasteiger partial charge on any atom is 0.314 e. The summed E-state index contributed by atoms with van der Waals surface area (Å²) < 4.78 is 11.0. The van der Waals surface area contributed by atoms with E-state index < -0.39 is 11.7 Å². The van der Waals surface area contributed by atoms with Crippen molar-refractivity contribution in [1.29, 1.82) is 0 Å². The summed E-state index contributed by atoms with van der Waals surface area (Å²) >= 11 is 0. The lowest BCUT2D eigenvalue weighted by atomic mass is 9.73. The van der Waals surface area contributed by atoms with Crippen LogP contribution < -0.4 is 0 Å². The highest BCUT2D eigenvalue weighted by Crippen LogP contribution is 2.37. The summed E-state index contributed by atoms with van der Waals surface area (Å²) in [6.45, 7) is 15.0. The van der Waals surface area contributed by atoms with Gasteiger partial charge >= 0.3 is 5.97 Å². The highest BCUT2D eigenvalue weighted by atomic mass is 16.7. The van der Waals surface area contributed by atoms with Crippen molar-refractivity contribution >= 4 is 12.3 Å². The van der Waals surface area contributed by atoms with Gasteiger partial charge in [-0.05, 0) is 50.9 Å². The number of carbonyl (C=O) groups is 2. The molecule has 0 radical (unpaired) electrons. The molecule has 4 nitrogen and oxygen atoms in total. The van der Waals surface area contributed by atoms with E-state index >= 15 is 0 Å². The molecule has 0 bridgehead atoms. The van der Waals surface area contributed by atoms with Gasteiger partial charge in [0.1, 0.15) is 6.29 Å². The molecule has 0 aromatic rings. The number of aldehydes is 1. The molecule has 0 aliphatic carbocycles. The summed E-state index contributed by atoms with van der Waals surface area (Å²) in [5, 5.41) is 0. The van der Waals surface area contributed by atoms with Gasteiger partial charge in [0.15, 0.2) is 6.29 Å². The molecule has 3 unspecified atom stereocenters. The molecule has 23 heavy (non-hydrogen) atoms. The molecule has 0 saturated carbocycles. The molecule has 0 spiro atoms. The lowest BCUT2D eigenvalue weighted by Crippen LogP contribution is -2.36. The van der Waals surface area contributed by atoms with Gasteiger partial charge < -0.3 is 14.3 Å². The first-order valence-corrected chi connectivity index (χ1v) is 8.88. The van der Waals surface area contributed by atoms with E-state index in [1.54, 1.807) is 6.92 Å². The van der Waals surface area contributed by atoms with E-state index in [-0.39, 0.29) is 5.97 Å². The molecule has 0 aliphatic heterocycles. The second-order valence-corrected chi connectivity index (χ2v) is 7.74. The third-order valence-corrected chi connectivity index (χ3v) is 4.35. The number of hydrogen-bond donors (Lipinski definition) is 0. The monoisotopic (exact) mass is 328 g/mol. The first kappa shape index (κ1) is 22.1. The second kappa shape index (κ2) is 10.8. The number of unbranched alkanes of at least 4 members (excludes halogenated alkanes) is 1. The summed E-state index contributed by atoms with van der Waals surface area (Å²) in [5.74, 6) is 1.23. The van der Waals surface area contributed by atoms with Gasteiger partial charge in [-0.2, -0.15) is 0 Å². The zero-order valence-electron chi connectivity index (χ0n) is 16.1. The normalized spacial score (nSPS) is 16.9. The number of esters is 1. The average molecular weight is 328 g/mol. The SMILES string of the molecule is CC(C)CC(C)(CC(C)C(C)C)C(=O)OC(C)OCCCC=O. The Kier molecular flexibility index (Phi) is 10.4. The molecule has 0 aliphatic rings. The predicted octanol–water partition coefficient (Wildman–Crippen LogP) is 4.61. The van der Waals surface area contributed by atoms with Crippen molar-refractivity contribution in [3.8, 4) is 0 Å². The number of carbonyl (C=O) groups excluding carboxylic acids is 2. The third kappa shape index (κ3) is 9.09. The average Bonchev–Trinajstić information content (AvgIpc) is 2.42. The van der Waals surface area contributed by atoms with E-state index in [2.05, 4.69) is 34.6 Å². The molecule has 0 rings (SSSR count). The van der Waals surface area contributed by atoms with Crippen LogP contribution in [0.5, 0.6) is 0 Å². The van der Waals surface area contributed by atoms with Gasteiger partial charge in [0.2, 0.25) is 0 Å². The van der Waals surface area contributed by atoms with Crippen molar-refractivity contribution in [2.45, 2.75) is 80.4 Å². The van der Waals surface area contributed by atoms with E-state index in [4.69, 9.17) is 9.47 Å². The van der Waals surface area contributed by atoms with Gasteiger partial charge in [0.25, 0.3) is 0 Å². The standard InChI is InChI=1S/C19H36O4/c1-14(2)12-19(7,13-16(5)15(3)4)18(21)23-17(6)22-11-9-8-10-20/h10,14-17H,8-9,11-13H2,1-7H3. The summed E-state index contributed by atoms with van der Waals surface area (Å²) in [7, 11) is 0. The van der Waals surface area contributed by atoms with E-state index in [0.717, 1.165) is 19.1 Å². The number of hydrogen-bond acceptors (Lipinski definition) is 4. The molecule has 4 heteroatoms. The van der Waals surface area contributed by atoms with Gasteiger partial charge in [-0.15, -0.1) is 0 Å². The first-order valence-electron chi connectivity index (χ1n) is 8.88. The zero-order valence-corrected chi connectivity index (χ0v) is 16.1. The smallest absolute Gasteiger partial charge is 0.314 e. The molecule has 0 heterocycles. The van der Waals surface area contributed by atoms with Gasteiger partial charge in [-0.3, -0.25) is 4.79 Å². The van der Waals surface area contributed by atoms with Crippen LogP contribution in [0.3, 0.4) is 0 Å². The predicted molar refractivity (Wildman–Crippen MR) is 93.0 cm³/mol. The molecule has 0 saturated heterocycles. The minimum Gasteiger partial charge on any atom is -0.436 e. The molecule has 136 valence electrons. The van der Waals surface area contributed by atoms with Crippen LogP contribution in [-0.2, 0) is 19.1 Å². The Bertz CT molecular complexity index is 351. The molecule has 0 N–H and O–H groups in total. The highest BCUT2D eigenvalue weighted by Gasteiger charge is 2.38. The third-order valence-electron chi connectivity index (χ3n) is 4.35. The fourth-order valence-electron chi connectivity index (χ4n) is 2.84. The Balaban J connectivity index is 4.69. The molecular formula is C19H36O4. The fraction of sp³-hybridized carbons (Fsp3) is 0.895. The second-order valence-electron chi connectivity index (χ2n) is 7.74. The minimum absolute atomic E-state index is 0.179. The molecule has 0 aromatic carbocycles. The van der Waals surface area contributed by atoms with Crippen LogP contribution >= 0.6 is 0 Å². The molecule has 0 fully saturated rings. The number of ether oxygens (including phenoxy) is 2. The summed E-state index contributed by atoms with van der Waals surface area (Å²) in [4.78, 5) is 23.0. The van der Waals surface area contributed by atoms with Crippen LogP contribution in [0.1, 0.15) is 74.1 Å². The Morgan fingerprint density at radius 2 is 1.70 bits per heavy atom. The van der Waals surface area contributed by atoms with Crippen LogP contribution in [0, 0.1) is 23.2 Å². The largest absolute Gasteiger partial charge is 0.436 e. The Labute approximate surface area is 142 Å². The van der Waals surface area contributed by atoms with Crippen molar-refractivity contribution in [2.75, 3.05) is 6.61 Å². The van der Waals surface area contributed by atoms with Crippen molar-refractivity contribution in [3.63, 3.8) is 0 Å². The zero-order chi connectivity index (χ0) is 18.0. The Morgan fingerprint density at radius 3 is 2.17 bits per heavy atom. The molecule has 0 aromatic heterocycles. The van der Waals surface area contributed by atoms with E-state index in [0.29, 0.717) is 37.2 Å². The van der Waals surface area contributed by atoms with Crippen molar-refractivity contribution in [3.05, 3.63) is 0 Å².